The third-order valence-corrected chi connectivity index (χ3v) is 12.2. The van der Waals surface area contributed by atoms with Crippen molar-refractivity contribution in [2.45, 2.75) is 19.3 Å². The molecule has 0 atom stereocenters. The van der Waals surface area contributed by atoms with Gasteiger partial charge in [0.05, 0.1) is 26.9 Å². The van der Waals surface area contributed by atoms with E-state index in [4.69, 9.17) is 9.97 Å². The van der Waals surface area contributed by atoms with Gasteiger partial charge in [0.1, 0.15) is 0 Å². The molecule has 3 aromatic heterocycles. The Balaban J connectivity index is 1.23. The lowest BCUT2D eigenvalue weighted by atomic mass is 9.80. The van der Waals surface area contributed by atoms with Crippen LogP contribution in [0.5, 0.6) is 0 Å². The molecule has 0 amide bonds. The van der Waals surface area contributed by atoms with Crippen molar-refractivity contribution in [3.8, 4) is 39.5 Å². The molecule has 0 spiro atoms. The first-order chi connectivity index (χ1) is 25.0. The van der Waals surface area contributed by atoms with E-state index < -0.39 is 0 Å². The number of para-hydroxylation sites is 1. The Bertz CT molecular complexity index is 3040. The second-order valence-corrected chi connectivity index (χ2v) is 15.2. The molecule has 0 fully saturated rings. The lowest BCUT2D eigenvalue weighted by Gasteiger charge is -2.23. The lowest BCUT2D eigenvalue weighted by Crippen LogP contribution is -2.15. The molecule has 0 saturated carbocycles. The number of benzene rings is 7. The number of hydrogen-bond donors (Lipinski definition) is 0. The van der Waals surface area contributed by atoms with Crippen LogP contribution in [0.4, 0.5) is 0 Å². The molecule has 51 heavy (non-hydrogen) atoms. The van der Waals surface area contributed by atoms with Gasteiger partial charge in [-0.3, -0.25) is 4.57 Å². The number of hydrogen-bond acceptors (Lipinski definition) is 3. The molecular weight excluding hydrogens is 639 g/mol. The Morgan fingerprint density at radius 2 is 1.25 bits per heavy atom. The molecule has 11 rings (SSSR count). The molecule has 0 bridgehead atoms. The van der Waals surface area contributed by atoms with E-state index in [1.165, 1.54) is 59.6 Å². The molecule has 1 aliphatic rings. The van der Waals surface area contributed by atoms with Crippen LogP contribution in [0.15, 0.2) is 152 Å². The lowest BCUT2D eigenvalue weighted by molar-refractivity contribution is 0.667. The maximum absolute atomic E-state index is 5.50. The van der Waals surface area contributed by atoms with Gasteiger partial charge in [0, 0.05) is 31.8 Å². The minimum atomic E-state index is -0.182. The van der Waals surface area contributed by atoms with Crippen molar-refractivity contribution in [3.05, 3.63) is 163 Å². The van der Waals surface area contributed by atoms with Crippen molar-refractivity contribution in [1.82, 2.24) is 14.5 Å². The molecule has 0 N–H and O–H groups in total. The zero-order valence-corrected chi connectivity index (χ0v) is 29.0. The average molecular weight is 670 g/mol. The third-order valence-electron chi connectivity index (χ3n) is 11.0. The summed E-state index contributed by atoms with van der Waals surface area (Å²) in [7, 11) is 0. The Labute approximate surface area is 299 Å². The first-order valence-electron chi connectivity index (χ1n) is 17.5. The minimum Gasteiger partial charge on any atom is -0.278 e. The van der Waals surface area contributed by atoms with Crippen LogP contribution < -0.4 is 0 Å². The van der Waals surface area contributed by atoms with Gasteiger partial charge in [-0.1, -0.05) is 135 Å². The van der Waals surface area contributed by atoms with Crippen molar-refractivity contribution in [1.29, 1.82) is 0 Å². The predicted molar refractivity (Wildman–Crippen MR) is 215 cm³/mol. The summed E-state index contributed by atoms with van der Waals surface area (Å²) in [5, 5.41) is 6.18. The van der Waals surface area contributed by atoms with Gasteiger partial charge >= 0.3 is 0 Å². The molecule has 0 unspecified atom stereocenters. The summed E-state index contributed by atoms with van der Waals surface area (Å²) in [5.74, 6) is 0.691. The minimum absolute atomic E-state index is 0.182. The highest BCUT2D eigenvalue weighted by atomic mass is 32.1. The summed E-state index contributed by atoms with van der Waals surface area (Å²) in [6.45, 7) is 4.75. The van der Waals surface area contributed by atoms with Gasteiger partial charge < -0.3 is 0 Å². The zero-order chi connectivity index (χ0) is 33.8. The Kier molecular flexibility index (Phi) is 5.89. The predicted octanol–water partition coefficient (Wildman–Crippen LogP) is 12.7. The summed E-state index contributed by atoms with van der Waals surface area (Å²) >= 11 is 1.78. The van der Waals surface area contributed by atoms with E-state index in [1.54, 1.807) is 11.3 Å². The van der Waals surface area contributed by atoms with Crippen LogP contribution >= 0.6 is 11.3 Å². The Hall–Kier alpha value is -6.10. The normalized spacial score (nSPS) is 13.5. The SMILES string of the molecule is CC1(C)c2cc3c(cc2-c2ccc4ccccc4c21)c1ccccc1n3-c1nc(-c2ccccc2)c2sc3ccc(-c4ccccc4)cc3c2n1. The topological polar surface area (TPSA) is 30.7 Å². The first kappa shape index (κ1) is 28.7. The van der Waals surface area contributed by atoms with E-state index in [1.807, 2.05) is 0 Å². The van der Waals surface area contributed by atoms with Crippen LogP contribution in [0.2, 0.25) is 0 Å². The average Bonchev–Trinajstić information content (AvgIpc) is 3.79. The third kappa shape index (κ3) is 4.05. The molecule has 1 aliphatic carbocycles. The second kappa shape index (κ2) is 10.5. The summed E-state index contributed by atoms with van der Waals surface area (Å²) in [6, 6.07) is 54.9. The van der Waals surface area contributed by atoms with Crippen molar-refractivity contribution in [2.24, 2.45) is 0 Å². The zero-order valence-electron chi connectivity index (χ0n) is 28.2. The fraction of sp³-hybridized carbons (Fsp3) is 0.0638. The smallest absolute Gasteiger partial charge is 0.235 e. The maximum Gasteiger partial charge on any atom is 0.235 e. The van der Waals surface area contributed by atoms with E-state index in [2.05, 4.69) is 170 Å². The van der Waals surface area contributed by atoms with Gasteiger partial charge in [0.25, 0.3) is 0 Å². The molecule has 7 aromatic carbocycles. The van der Waals surface area contributed by atoms with E-state index in [9.17, 15) is 0 Å². The Morgan fingerprint density at radius 3 is 2.08 bits per heavy atom. The highest BCUT2D eigenvalue weighted by molar-refractivity contribution is 7.26. The van der Waals surface area contributed by atoms with Crippen LogP contribution in [0.1, 0.15) is 25.0 Å². The van der Waals surface area contributed by atoms with Crippen molar-refractivity contribution in [2.75, 3.05) is 0 Å². The van der Waals surface area contributed by atoms with Crippen LogP contribution in [0.3, 0.4) is 0 Å². The van der Waals surface area contributed by atoms with Crippen LogP contribution in [0.25, 0.3) is 92.3 Å². The number of rotatable bonds is 3. The molecule has 10 aromatic rings. The summed E-state index contributed by atoms with van der Waals surface area (Å²) in [4.78, 5) is 11.0. The fourth-order valence-corrected chi connectivity index (χ4v) is 9.74. The van der Waals surface area contributed by atoms with Gasteiger partial charge in [0.2, 0.25) is 5.95 Å². The first-order valence-corrected chi connectivity index (χ1v) is 18.3. The van der Waals surface area contributed by atoms with Crippen molar-refractivity contribution < 1.29 is 0 Å². The van der Waals surface area contributed by atoms with Gasteiger partial charge in [0.15, 0.2) is 0 Å². The molecule has 0 radical (unpaired) electrons. The molecule has 3 heterocycles. The van der Waals surface area contributed by atoms with Crippen LogP contribution in [-0.4, -0.2) is 14.5 Å². The van der Waals surface area contributed by atoms with E-state index in [-0.39, 0.29) is 5.41 Å². The summed E-state index contributed by atoms with van der Waals surface area (Å²) in [5.41, 5.74) is 12.9. The van der Waals surface area contributed by atoms with Gasteiger partial charge in [-0.05, 0) is 74.5 Å². The number of fused-ring (bicyclic) bond motifs is 11. The molecule has 4 heteroatoms. The number of aromatic nitrogens is 3. The highest BCUT2D eigenvalue weighted by Gasteiger charge is 2.38. The van der Waals surface area contributed by atoms with Gasteiger partial charge in [-0.2, -0.15) is 0 Å². The fourth-order valence-electron chi connectivity index (χ4n) is 8.61. The molecule has 0 saturated heterocycles. The molecule has 0 aliphatic heterocycles. The monoisotopic (exact) mass is 669 g/mol. The number of thiophene rings is 1. The van der Waals surface area contributed by atoms with E-state index in [0.29, 0.717) is 5.95 Å². The summed E-state index contributed by atoms with van der Waals surface area (Å²) < 4.78 is 4.62. The van der Waals surface area contributed by atoms with E-state index in [0.717, 1.165) is 37.9 Å². The molecular formula is C47H31N3S. The largest absolute Gasteiger partial charge is 0.278 e. The standard InChI is InChI=1S/C47H31N3S/c1-47(2)38-27-40-36(26-35(38)34-23-21-29-15-9-10-18-32(29)42(34)47)33-19-11-12-20-39(33)50(40)46-48-43(30-16-7-4-8-17-30)45-44(49-46)37-25-31(22-24-41(37)51-45)28-13-5-3-6-14-28/h3-27H,1-2H3. The Morgan fingerprint density at radius 1 is 0.529 bits per heavy atom. The van der Waals surface area contributed by atoms with Crippen LogP contribution in [-0.2, 0) is 5.41 Å². The van der Waals surface area contributed by atoms with Crippen molar-refractivity contribution in [3.63, 3.8) is 0 Å². The summed E-state index contributed by atoms with van der Waals surface area (Å²) in [6.07, 6.45) is 0. The maximum atomic E-state index is 5.50. The van der Waals surface area contributed by atoms with Gasteiger partial charge in [-0.25, -0.2) is 9.97 Å². The van der Waals surface area contributed by atoms with Gasteiger partial charge in [-0.15, -0.1) is 11.3 Å². The molecule has 240 valence electrons. The second-order valence-electron chi connectivity index (χ2n) is 14.2. The quantitative estimate of drug-likeness (QED) is 0.187. The van der Waals surface area contributed by atoms with E-state index >= 15 is 0 Å². The highest BCUT2D eigenvalue weighted by Crippen LogP contribution is 2.53. The van der Waals surface area contributed by atoms with Crippen molar-refractivity contribution >= 4 is 64.2 Å². The molecule has 3 nitrogen and oxygen atoms in total. The number of nitrogens with zero attached hydrogens (tertiary/aromatic N) is 3. The van der Waals surface area contributed by atoms with Crippen LogP contribution in [0, 0.1) is 0 Å².